The molecule has 3 rings (SSSR count). The quantitative estimate of drug-likeness (QED) is 0.558. The molecular weight excluding hydrogens is 316 g/mol. The zero-order chi connectivity index (χ0) is 10.4. The van der Waals surface area contributed by atoms with Gasteiger partial charge in [0.2, 0.25) is 0 Å². The zero-order valence-corrected chi connectivity index (χ0v) is 11.1. The summed E-state index contributed by atoms with van der Waals surface area (Å²) in [5, 5.41) is 0. The van der Waals surface area contributed by atoms with Gasteiger partial charge in [0, 0.05) is 20.1 Å². The molecule has 1 aliphatic carbocycles. The SMILES string of the molecule is Brc1cccc2c1-c1c(Br)cccc1C2. The summed E-state index contributed by atoms with van der Waals surface area (Å²) in [6, 6.07) is 12.8. The molecule has 0 aliphatic heterocycles. The lowest BCUT2D eigenvalue weighted by atomic mass is 10.1. The first-order valence-electron chi connectivity index (χ1n) is 4.82. The normalized spacial score (nSPS) is 12.4. The second-order valence-corrected chi connectivity index (χ2v) is 5.43. The van der Waals surface area contributed by atoms with Gasteiger partial charge in [0.05, 0.1) is 0 Å². The number of benzene rings is 2. The average Bonchev–Trinajstić information content (AvgIpc) is 2.58. The number of rotatable bonds is 0. The highest BCUT2D eigenvalue weighted by Crippen LogP contribution is 2.44. The van der Waals surface area contributed by atoms with Crippen molar-refractivity contribution >= 4 is 31.9 Å². The molecule has 0 saturated heterocycles. The Morgan fingerprint density at radius 2 is 1.20 bits per heavy atom. The third kappa shape index (κ3) is 1.39. The topological polar surface area (TPSA) is 0 Å². The molecule has 0 nitrogen and oxygen atoms in total. The van der Waals surface area contributed by atoms with Crippen molar-refractivity contribution in [3.05, 3.63) is 56.5 Å². The molecule has 0 radical (unpaired) electrons. The summed E-state index contributed by atoms with van der Waals surface area (Å²) >= 11 is 7.26. The van der Waals surface area contributed by atoms with E-state index in [1.165, 1.54) is 31.2 Å². The first kappa shape index (κ1) is 9.61. The van der Waals surface area contributed by atoms with E-state index in [-0.39, 0.29) is 0 Å². The fraction of sp³-hybridized carbons (Fsp3) is 0.0769. The van der Waals surface area contributed by atoms with Gasteiger partial charge in [-0.2, -0.15) is 0 Å². The standard InChI is InChI=1S/C13H8Br2/c14-10-5-1-3-8-7-9-4-2-6-11(15)13(9)12(8)10/h1-6H,7H2. The smallest absolute Gasteiger partial charge is 0.0257 e. The second-order valence-electron chi connectivity index (χ2n) is 3.72. The molecule has 0 fully saturated rings. The Morgan fingerprint density at radius 1 is 0.733 bits per heavy atom. The van der Waals surface area contributed by atoms with Gasteiger partial charge in [0.1, 0.15) is 0 Å². The Kier molecular flexibility index (Phi) is 2.22. The third-order valence-corrected chi connectivity index (χ3v) is 4.15. The van der Waals surface area contributed by atoms with Crippen LogP contribution in [0.5, 0.6) is 0 Å². The van der Waals surface area contributed by atoms with E-state index < -0.39 is 0 Å². The van der Waals surface area contributed by atoms with Crippen LogP contribution in [-0.4, -0.2) is 0 Å². The van der Waals surface area contributed by atoms with Crippen molar-refractivity contribution in [1.29, 1.82) is 0 Å². The molecule has 0 aromatic heterocycles. The first-order valence-corrected chi connectivity index (χ1v) is 6.41. The molecule has 0 unspecified atom stereocenters. The lowest BCUT2D eigenvalue weighted by Crippen LogP contribution is -1.80. The molecule has 0 spiro atoms. The predicted molar refractivity (Wildman–Crippen MR) is 70.1 cm³/mol. The van der Waals surface area contributed by atoms with Crippen LogP contribution in [0.15, 0.2) is 45.3 Å². The number of fused-ring (bicyclic) bond motifs is 3. The van der Waals surface area contributed by atoms with E-state index in [1.54, 1.807) is 0 Å². The van der Waals surface area contributed by atoms with Crippen molar-refractivity contribution in [2.24, 2.45) is 0 Å². The molecular formula is C13H8Br2. The van der Waals surface area contributed by atoms with Gasteiger partial charge in [-0.05, 0) is 29.7 Å². The number of hydrogen-bond donors (Lipinski definition) is 0. The molecule has 2 aromatic rings. The van der Waals surface area contributed by atoms with Crippen molar-refractivity contribution in [2.45, 2.75) is 6.42 Å². The minimum atomic E-state index is 1.05. The summed E-state index contributed by atoms with van der Waals surface area (Å²) in [6.45, 7) is 0. The van der Waals surface area contributed by atoms with Crippen LogP contribution in [-0.2, 0) is 6.42 Å². The monoisotopic (exact) mass is 322 g/mol. The Bertz CT molecular complexity index is 495. The maximum Gasteiger partial charge on any atom is 0.0257 e. The minimum Gasteiger partial charge on any atom is -0.0608 e. The third-order valence-electron chi connectivity index (χ3n) is 2.83. The van der Waals surface area contributed by atoms with E-state index in [2.05, 4.69) is 68.3 Å². The van der Waals surface area contributed by atoms with Crippen molar-refractivity contribution in [1.82, 2.24) is 0 Å². The second kappa shape index (κ2) is 3.46. The summed E-state index contributed by atoms with van der Waals surface area (Å²) in [5.74, 6) is 0. The minimum absolute atomic E-state index is 1.05. The fourth-order valence-electron chi connectivity index (χ4n) is 2.20. The summed E-state index contributed by atoms with van der Waals surface area (Å²) in [7, 11) is 0. The molecule has 0 heterocycles. The van der Waals surface area contributed by atoms with E-state index in [9.17, 15) is 0 Å². The predicted octanol–water partition coefficient (Wildman–Crippen LogP) is 4.78. The Morgan fingerprint density at radius 3 is 1.67 bits per heavy atom. The highest BCUT2D eigenvalue weighted by Gasteiger charge is 2.22. The van der Waals surface area contributed by atoms with Gasteiger partial charge in [-0.1, -0.05) is 56.1 Å². The van der Waals surface area contributed by atoms with Crippen LogP contribution >= 0.6 is 31.9 Å². The highest BCUT2D eigenvalue weighted by molar-refractivity contribution is 9.11. The molecule has 0 N–H and O–H groups in total. The van der Waals surface area contributed by atoms with E-state index in [4.69, 9.17) is 0 Å². The van der Waals surface area contributed by atoms with Crippen molar-refractivity contribution in [2.75, 3.05) is 0 Å². The van der Waals surface area contributed by atoms with Crippen LogP contribution in [0.25, 0.3) is 11.1 Å². The summed E-state index contributed by atoms with van der Waals surface area (Å²) < 4.78 is 2.37. The lowest BCUT2D eigenvalue weighted by molar-refractivity contribution is 1.26. The van der Waals surface area contributed by atoms with Crippen LogP contribution in [0.4, 0.5) is 0 Å². The van der Waals surface area contributed by atoms with E-state index in [0.29, 0.717) is 0 Å². The maximum atomic E-state index is 3.63. The van der Waals surface area contributed by atoms with Crippen LogP contribution in [0, 0.1) is 0 Å². The molecule has 2 heteroatoms. The molecule has 0 atom stereocenters. The van der Waals surface area contributed by atoms with Gasteiger partial charge in [0.25, 0.3) is 0 Å². The lowest BCUT2D eigenvalue weighted by Gasteiger charge is -2.05. The van der Waals surface area contributed by atoms with Crippen LogP contribution in [0.3, 0.4) is 0 Å². The van der Waals surface area contributed by atoms with E-state index in [1.807, 2.05) is 0 Å². The highest BCUT2D eigenvalue weighted by atomic mass is 79.9. The number of halogens is 2. The van der Waals surface area contributed by atoms with E-state index in [0.717, 1.165) is 6.42 Å². The van der Waals surface area contributed by atoms with Gasteiger partial charge in [0.15, 0.2) is 0 Å². The Balaban J connectivity index is 2.39. The molecule has 74 valence electrons. The molecule has 15 heavy (non-hydrogen) atoms. The summed E-state index contributed by atoms with van der Waals surface area (Å²) in [6.07, 6.45) is 1.05. The van der Waals surface area contributed by atoms with Crippen molar-refractivity contribution in [3.8, 4) is 11.1 Å². The largest absolute Gasteiger partial charge is 0.0608 e. The summed E-state index contributed by atoms with van der Waals surface area (Å²) in [5.41, 5.74) is 5.51. The van der Waals surface area contributed by atoms with Crippen molar-refractivity contribution < 1.29 is 0 Å². The fourth-order valence-corrected chi connectivity index (χ4v) is 3.41. The first-order chi connectivity index (χ1) is 7.27. The van der Waals surface area contributed by atoms with Gasteiger partial charge in [-0.15, -0.1) is 0 Å². The average molecular weight is 324 g/mol. The zero-order valence-electron chi connectivity index (χ0n) is 7.93. The maximum absolute atomic E-state index is 3.63. The van der Waals surface area contributed by atoms with Gasteiger partial charge in [-0.25, -0.2) is 0 Å². The van der Waals surface area contributed by atoms with E-state index >= 15 is 0 Å². The van der Waals surface area contributed by atoms with Crippen LogP contribution in [0.1, 0.15) is 11.1 Å². The van der Waals surface area contributed by atoms with Crippen LogP contribution in [0.2, 0.25) is 0 Å². The van der Waals surface area contributed by atoms with Crippen molar-refractivity contribution in [3.63, 3.8) is 0 Å². The molecule has 0 saturated carbocycles. The Hall–Kier alpha value is -0.600. The van der Waals surface area contributed by atoms with Crippen LogP contribution < -0.4 is 0 Å². The Labute approximate surface area is 106 Å². The molecule has 0 bridgehead atoms. The van der Waals surface area contributed by atoms with Gasteiger partial charge < -0.3 is 0 Å². The van der Waals surface area contributed by atoms with Gasteiger partial charge in [-0.3, -0.25) is 0 Å². The summed E-state index contributed by atoms with van der Waals surface area (Å²) in [4.78, 5) is 0. The van der Waals surface area contributed by atoms with Gasteiger partial charge >= 0.3 is 0 Å². The molecule has 2 aromatic carbocycles. The molecule has 1 aliphatic rings. The molecule has 0 amide bonds. The number of hydrogen-bond acceptors (Lipinski definition) is 0.